The molecule has 3 rings (SSSR count). The topological polar surface area (TPSA) is 73.8 Å². The summed E-state index contributed by atoms with van der Waals surface area (Å²) >= 11 is 1.52. The van der Waals surface area contributed by atoms with Gasteiger partial charge in [0.2, 0.25) is 10.0 Å². The van der Waals surface area contributed by atoms with Crippen molar-refractivity contribution in [3.05, 3.63) is 53.6 Å². The molecule has 0 saturated carbocycles. The highest BCUT2D eigenvalue weighted by Crippen LogP contribution is 2.31. The molecule has 214 valence electrons. The lowest BCUT2D eigenvalue weighted by molar-refractivity contribution is 0.0983. The van der Waals surface area contributed by atoms with Gasteiger partial charge in [-0.05, 0) is 74.3 Å². The van der Waals surface area contributed by atoms with Crippen LogP contribution in [0.15, 0.2) is 47.4 Å². The molecule has 0 bridgehead atoms. The van der Waals surface area contributed by atoms with Gasteiger partial charge in [-0.3, -0.25) is 9.69 Å². The molecule has 0 N–H and O–H groups in total. The molecule has 0 fully saturated rings. The summed E-state index contributed by atoms with van der Waals surface area (Å²) in [6, 6.07) is 12.7. The quantitative estimate of drug-likeness (QED) is 0.198. The first-order valence-electron chi connectivity index (χ1n) is 14.3. The number of carbonyl (C=O) groups is 1. The average molecular weight is 573 g/mol. The fraction of sp³-hybridized carbons (Fsp3) is 0.533. The predicted molar refractivity (Wildman–Crippen MR) is 163 cm³/mol. The molecular weight excluding hydrogens is 528 g/mol. The first-order valence-corrected chi connectivity index (χ1v) is 16.6. The normalized spacial score (nSPS) is 12.1. The summed E-state index contributed by atoms with van der Waals surface area (Å²) in [5, 5.41) is 0.664. The summed E-state index contributed by atoms with van der Waals surface area (Å²) in [6.07, 6.45) is 4.45. The molecule has 0 aliphatic rings. The predicted octanol–water partition coefficient (Wildman–Crippen LogP) is 6.44. The number of anilines is 1. The number of aryl methyl sites for hydroxylation is 1. The summed E-state index contributed by atoms with van der Waals surface area (Å²) in [5.41, 5.74) is 2.58. The third-order valence-corrected chi connectivity index (χ3v) is 10.1. The van der Waals surface area contributed by atoms with Crippen molar-refractivity contribution in [3.8, 4) is 0 Å². The number of unbranched alkanes of at least 4 members (excludes halogenated alkanes) is 2. The molecule has 0 spiro atoms. The first kappa shape index (κ1) is 31.2. The van der Waals surface area contributed by atoms with Crippen LogP contribution >= 0.6 is 11.3 Å². The van der Waals surface area contributed by atoms with Gasteiger partial charge in [-0.25, -0.2) is 13.4 Å². The van der Waals surface area contributed by atoms with E-state index < -0.39 is 10.0 Å². The lowest BCUT2D eigenvalue weighted by Crippen LogP contribution is -2.39. The molecular formula is C30H44N4O3S2. The molecule has 0 unspecified atom stereocenters. The zero-order chi connectivity index (χ0) is 28.4. The second-order valence-electron chi connectivity index (χ2n) is 9.77. The van der Waals surface area contributed by atoms with Crippen LogP contribution in [-0.4, -0.2) is 67.8 Å². The van der Waals surface area contributed by atoms with Crippen LogP contribution in [0.3, 0.4) is 0 Å². The Morgan fingerprint density at radius 2 is 1.49 bits per heavy atom. The molecule has 1 amide bonds. The minimum Gasteiger partial charge on any atom is -0.302 e. The van der Waals surface area contributed by atoms with E-state index in [1.165, 1.54) is 16.9 Å². The Bertz CT molecular complexity index is 1290. The van der Waals surface area contributed by atoms with Gasteiger partial charge in [-0.1, -0.05) is 64.9 Å². The number of sulfonamides is 1. The second kappa shape index (κ2) is 14.9. The third kappa shape index (κ3) is 7.87. The van der Waals surface area contributed by atoms with Gasteiger partial charge >= 0.3 is 0 Å². The summed E-state index contributed by atoms with van der Waals surface area (Å²) in [4.78, 5) is 22.9. The lowest BCUT2D eigenvalue weighted by atomic mass is 10.2. The van der Waals surface area contributed by atoms with E-state index in [2.05, 4.69) is 51.7 Å². The second-order valence-corrected chi connectivity index (χ2v) is 12.7. The van der Waals surface area contributed by atoms with Crippen LogP contribution in [0, 0.1) is 0 Å². The van der Waals surface area contributed by atoms with E-state index in [0.717, 1.165) is 62.0 Å². The Kier molecular flexibility index (Phi) is 11.9. The fourth-order valence-corrected chi connectivity index (χ4v) is 7.02. The van der Waals surface area contributed by atoms with Crippen molar-refractivity contribution >= 4 is 42.6 Å². The molecule has 39 heavy (non-hydrogen) atoms. The Hall–Kier alpha value is -2.33. The van der Waals surface area contributed by atoms with Crippen LogP contribution in [0.25, 0.3) is 10.2 Å². The van der Waals surface area contributed by atoms with Gasteiger partial charge in [0, 0.05) is 31.7 Å². The van der Waals surface area contributed by atoms with Crippen LogP contribution < -0.4 is 4.90 Å². The zero-order valence-electron chi connectivity index (χ0n) is 24.1. The molecule has 0 radical (unpaired) electrons. The summed E-state index contributed by atoms with van der Waals surface area (Å²) < 4.78 is 29.4. The number of aromatic nitrogens is 1. The molecule has 1 heterocycles. The molecule has 3 aromatic rings. The molecule has 9 heteroatoms. The molecule has 7 nitrogen and oxygen atoms in total. The van der Waals surface area contributed by atoms with Gasteiger partial charge in [0.1, 0.15) is 0 Å². The minimum atomic E-state index is -3.62. The number of hydrogen-bond acceptors (Lipinski definition) is 6. The average Bonchev–Trinajstić information content (AvgIpc) is 3.38. The number of nitrogens with zero attached hydrogens (tertiary/aromatic N) is 4. The summed E-state index contributed by atoms with van der Waals surface area (Å²) in [6.45, 7) is 14.5. The molecule has 0 aliphatic heterocycles. The molecule has 0 saturated heterocycles. The van der Waals surface area contributed by atoms with E-state index in [1.54, 1.807) is 33.5 Å². The number of hydrogen-bond donors (Lipinski definition) is 0. The number of rotatable bonds is 16. The van der Waals surface area contributed by atoms with Crippen molar-refractivity contribution in [3.63, 3.8) is 0 Å². The Morgan fingerprint density at radius 3 is 2.05 bits per heavy atom. The number of amides is 1. The molecule has 0 aliphatic carbocycles. The summed E-state index contributed by atoms with van der Waals surface area (Å²) in [7, 11) is -3.62. The van der Waals surface area contributed by atoms with Crippen molar-refractivity contribution in [2.24, 2.45) is 0 Å². The van der Waals surface area contributed by atoms with Crippen molar-refractivity contribution < 1.29 is 13.2 Å². The van der Waals surface area contributed by atoms with Gasteiger partial charge in [-0.15, -0.1) is 0 Å². The molecule has 0 atom stereocenters. The van der Waals surface area contributed by atoms with E-state index in [1.807, 2.05) is 6.07 Å². The standard InChI is InChI=1S/C30H44N4O3S2/c1-6-11-19-33(20-12-7-2)39(36,37)26-16-14-25(15-17-26)29(35)34(22-21-32(9-4)10-5)30-31-27-18-13-24(8-3)23-28(27)38-30/h13-18,23H,6-12,19-22H2,1-5H3. The van der Waals surface area contributed by atoms with Gasteiger partial charge in [-0.2, -0.15) is 4.31 Å². The van der Waals surface area contributed by atoms with Gasteiger partial charge in [0.15, 0.2) is 5.13 Å². The SMILES string of the molecule is CCCCN(CCCC)S(=O)(=O)c1ccc(C(=O)N(CCN(CC)CC)c2nc3ccc(CC)cc3s2)cc1. The maximum Gasteiger partial charge on any atom is 0.260 e. The van der Waals surface area contributed by atoms with Crippen LogP contribution in [-0.2, 0) is 16.4 Å². The number of likely N-dealkylation sites (N-methyl/N-ethyl adjacent to an activating group) is 1. The smallest absolute Gasteiger partial charge is 0.260 e. The zero-order valence-corrected chi connectivity index (χ0v) is 25.8. The van der Waals surface area contributed by atoms with E-state index in [9.17, 15) is 13.2 Å². The van der Waals surface area contributed by atoms with Crippen LogP contribution in [0.2, 0.25) is 0 Å². The number of thiazole rings is 1. The third-order valence-electron chi connectivity index (χ3n) is 7.12. The number of carbonyl (C=O) groups excluding carboxylic acids is 1. The van der Waals surface area contributed by atoms with Crippen molar-refractivity contribution in [2.45, 2.75) is 71.6 Å². The van der Waals surface area contributed by atoms with Gasteiger partial charge in [0.25, 0.3) is 5.91 Å². The highest BCUT2D eigenvalue weighted by molar-refractivity contribution is 7.89. The van der Waals surface area contributed by atoms with E-state index in [-0.39, 0.29) is 10.8 Å². The maximum absolute atomic E-state index is 13.8. The van der Waals surface area contributed by atoms with E-state index >= 15 is 0 Å². The maximum atomic E-state index is 13.8. The first-order chi connectivity index (χ1) is 18.8. The molecule has 2 aromatic carbocycles. The lowest BCUT2D eigenvalue weighted by Gasteiger charge is -2.25. The van der Waals surface area contributed by atoms with E-state index in [4.69, 9.17) is 4.98 Å². The van der Waals surface area contributed by atoms with Crippen LogP contribution in [0.4, 0.5) is 5.13 Å². The highest BCUT2D eigenvalue weighted by Gasteiger charge is 2.26. The Morgan fingerprint density at radius 1 is 0.846 bits per heavy atom. The van der Waals surface area contributed by atoms with Gasteiger partial charge < -0.3 is 4.90 Å². The largest absolute Gasteiger partial charge is 0.302 e. The number of benzene rings is 2. The molecule has 1 aromatic heterocycles. The van der Waals surface area contributed by atoms with Crippen LogP contribution in [0.5, 0.6) is 0 Å². The Balaban J connectivity index is 1.91. The van der Waals surface area contributed by atoms with Crippen molar-refractivity contribution in [1.82, 2.24) is 14.2 Å². The van der Waals surface area contributed by atoms with Crippen molar-refractivity contribution in [1.29, 1.82) is 0 Å². The summed E-state index contributed by atoms with van der Waals surface area (Å²) in [5.74, 6) is -0.172. The number of fused-ring (bicyclic) bond motifs is 1. The monoisotopic (exact) mass is 572 g/mol. The minimum absolute atomic E-state index is 0.172. The van der Waals surface area contributed by atoms with Crippen LogP contribution in [0.1, 0.15) is 76.2 Å². The van der Waals surface area contributed by atoms with E-state index in [0.29, 0.717) is 30.3 Å². The Labute approximate surface area is 238 Å². The van der Waals surface area contributed by atoms with Gasteiger partial charge in [0.05, 0.1) is 15.1 Å². The fourth-order valence-electron chi connectivity index (χ4n) is 4.45. The highest BCUT2D eigenvalue weighted by atomic mass is 32.2. The van der Waals surface area contributed by atoms with Crippen molar-refractivity contribution in [2.75, 3.05) is 44.2 Å².